The van der Waals surface area contributed by atoms with Crippen molar-refractivity contribution < 1.29 is 23.8 Å². The van der Waals surface area contributed by atoms with Gasteiger partial charge in [0.1, 0.15) is 11.5 Å². The fraction of sp³-hybridized carbons (Fsp3) is 0.444. The van der Waals surface area contributed by atoms with Crippen molar-refractivity contribution in [3.05, 3.63) is 36.4 Å². The lowest BCUT2D eigenvalue weighted by atomic mass is 10.1. The van der Waals surface area contributed by atoms with E-state index in [0.29, 0.717) is 23.7 Å². The molecule has 0 saturated heterocycles. The molecule has 0 bridgehead atoms. The molecule has 5 heteroatoms. The summed E-state index contributed by atoms with van der Waals surface area (Å²) in [6, 6.07) is 4.99. The minimum Gasteiger partial charge on any atom is -0.493 e. The van der Waals surface area contributed by atoms with Gasteiger partial charge in [0.2, 0.25) is 0 Å². The van der Waals surface area contributed by atoms with E-state index in [2.05, 4.69) is 6.58 Å². The normalized spacial score (nSPS) is 10.0. The highest BCUT2D eigenvalue weighted by molar-refractivity contribution is 5.97. The smallest absolute Gasteiger partial charge is 0.344 e. The highest BCUT2D eigenvalue weighted by Gasteiger charge is 2.12. The van der Waals surface area contributed by atoms with E-state index in [1.807, 2.05) is 6.08 Å². The number of esters is 1. The van der Waals surface area contributed by atoms with Crippen LogP contribution in [-0.2, 0) is 9.53 Å². The van der Waals surface area contributed by atoms with Crippen LogP contribution in [-0.4, -0.2) is 31.6 Å². The van der Waals surface area contributed by atoms with Crippen molar-refractivity contribution in [3.63, 3.8) is 0 Å². The summed E-state index contributed by atoms with van der Waals surface area (Å²) in [4.78, 5) is 23.0. The second-order valence-electron chi connectivity index (χ2n) is 4.94. The Morgan fingerprint density at radius 1 is 1.22 bits per heavy atom. The average Bonchev–Trinajstić information content (AvgIpc) is 2.53. The molecule has 0 saturated carbocycles. The lowest BCUT2D eigenvalue weighted by Gasteiger charge is -2.12. The molecule has 0 atom stereocenters. The Hall–Kier alpha value is -2.30. The van der Waals surface area contributed by atoms with E-state index < -0.39 is 5.97 Å². The Morgan fingerprint density at radius 3 is 2.65 bits per heavy atom. The van der Waals surface area contributed by atoms with Gasteiger partial charge in [0.05, 0.1) is 18.8 Å². The number of unbranched alkanes of at least 4 members (excludes halogenated alkanes) is 2. The molecular weight excluding hydrogens is 296 g/mol. The van der Waals surface area contributed by atoms with Crippen LogP contribution in [0.5, 0.6) is 11.5 Å². The van der Waals surface area contributed by atoms with Crippen LogP contribution in [0, 0.1) is 0 Å². The first-order chi connectivity index (χ1) is 11.1. The van der Waals surface area contributed by atoms with Crippen LogP contribution >= 0.6 is 0 Å². The van der Waals surface area contributed by atoms with Crippen LogP contribution in [0.2, 0.25) is 0 Å². The topological polar surface area (TPSA) is 61.8 Å². The lowest BCUT2D eigenvalue weighted by Crippen LogP contribution is -2.15. The molecular formula is C18H24O5. The molecule has 1 rings (SSSR count). The van der Waals surface area contributed by atoms with E-state index in [1.165, 1.54) is 6.92 Å². The molecule has 0 N–H and O–H groups in total. The minimum absolute atomic E-state index is 0.138. The molecule has 0 aliphatic carbocycles. The molecule has 5 nitrogen and oxygen atoms in total. The Bertz CT molecular complexity index is 536. The molecule has 0 amide bonds. The maximum atomic E-state index is 11.6. The summed E-state index contributed by atoms with van der Waals surface area (Å²) in [5.74, 6) is 0.320. The van der Waals surface area contributed by atoms with Crippen molar-refractivity contribution in [2.75, 3.05) is 19.8 Å². The van der Waals surface area contributed by atoms with Gasteiger partial charge < -0.3 is 14.2 Å². The highest BCUT2D eigenvalue weighted by atomic mass is 16.6. The van der Waals surface area contributed by atoms with Gasteiger partial charge in [-0.1, -0.05) is 6.08 Å². The number of ketones is 1. The molecule has 0 aliphatic rings. The van der Waals surface area contributed by atoms with Crippen LogP contribution in [0.15, 0.2) is 30.9 Å². The Balaban J connectivity index is 2.68. The van der Waals surface area contributed by atoms with Gasteiger partial charge in [-0.2, -0.15) is 0 Å². The largest absolute Gasteiger partial charge is 0.493 e. The summed E-state index contributed by atoms with van der Waals surface area (Å²) in [5, 5.41) is 0. The molecule has 126 valence electrons. The third kappa shape index (κ3) is 7.00. The zero-order valence-electron chi connectivity index (χ0n) is 13.8. The number of rotatable bonds is 11. The summed E-state index contributed by atoms with van der Waals surface area (Å²) < 4.78 is 15.9. The average molecular weight is 320 g/mol. The third-order valence-corrected chi connectivity index (χ3v) is 3.05. The molecule has 1 aromatic rings. The first kappa shape index (κ1) is 18.7. The van der Waals surface area contributed by atoms with Gasteiger partial charge in [0, 0.05) is 6.07 Å². The summed E-state index contributed by atoms with van der Waals surface area (Å²) in [6.07, 6.45) is 4.77. The monoisotopic (exact) mass is 320 g/mol. The Labute approximate surface area is 137 Å². The van der Waals surface area contributed by atoms with Crippen molar-refractivity contribution in [1.82, 2.24) is 0 Å². The zero-order valence-corrected chi connectivity index (χ0v) is 13.8. The molecule has 0 fully saturated rings. The van der Waals surface area contributed by atoms with E-state index in [-0.39, 0.29) is 19.0 Å². The van der Waals surface area contributed by atoms with Crippen LogP contribution in [0.4, 0.5) is 0 Å². The van der Waals surface area contributed by atoms with Crippen molar-refractivity contribution in [1.29, 1.82) is 0 Å². The van der Waals surface area contributed by atoms with Crippen molar-refractivity contribution in [3.8, 4) is 11.5 Å². The lowest BCUT2D eigenvalue weighted by molar-refractivity contribution is -0.145. The second kappa shape index (κ2) is 10.4. The number of hydrogen-bond donors (Lipinski definition) is 0. The van der Waals surface area contributed by atoms with Crippen LogP contribution in [0.3, 0.4) is 0 Å². The molecule has 0 heterocycles. The number of carbonyl (C=O) groups is 2. The molecule has 0 unspecified atom stereocenters. The quantitative estimate of drug-likeness (QED) is 0.270. The van der Waals surface area contributed by atoms with E-state index in [0.717, 1.165) is 19.3 Å². The first-order valence-corrected chi connectivity index (χ1v) is 7.75. The summed E-state index contributed by atoms with van der Waals surface area (Å²) >= 11 is 0. The molecule has 0 radical (unpaired) electrons. The van der Waals surface area contributed by atoms with E-state index in [9.17, 15) is 9.59 Å². The van der Waals surface area contributed by atoms with Gasteiger partial charge in [-0.15, -0.1) is 6.58 Å². The first-order valence-electron chi connectivity index (χ1n) is 7.75. The van der Waals surface area contributed by atoms with Crippen molar-refractivity contribution in [2.24, 2.45) is 0 Å². The van der Waals surface area contributed by atoms with Crippen LogP contribution in [0.1, 0.15) is 43.5 Å². The number of allylic oxidation sites excluding steroid dienone is 1. The summed E-state index contributed by atoms with van der Waals surface area (Å²) in [6.45, 7) is 7.47. The molecule has 0 spiro atoms. The summed E-state index contributed by atoms with van der Waals surface area (Å²) in [5.41, 5.74) is 0.410. The second-order valence-corrected chi connectivity index (χ2v) is 4.94. The maximum Gasteiger partial charge on any atom is 0.344 e. The predicted molar refractivity (Wildman–Crippen MR) is 88.1 cm³/mol. The van der Waals surface area contributed by atoms with E-state index in [1.54, 1.807) is 25.1 Å². The van der Waals surface area contributed by atoms with Crippen LogP contribution < -0.4 is 9.47 Å². The number of Topliss-reactive ketones (excluding diaryl/α,β-unsaturated/α-hetero) is 1. The van der Waals surface area contributed by atoms with Gasteiger partial charge in [-0.3, -0.25) is 4.79 Å². The number of ether oxygens (including phenoxy) is 3. The van der Waals surface area contributed by atoms with Gasteiger partial charge >= 0.3 is 5.97 Å². The minimum atomic E-state index is -0.474. The fourth-order valence-corrected chi connectivity index (χ4v) is 1.92. The van der Waals surface area contributed by atoms with Crippen LogP contribution in [0.25, 0.3) is 0 Å². The van der Waals surface area contributed by atoms with E-state index in [4.69, 9.17) is 14.2 Å². The SMILES string of the molecule is C=CCCCCOc1ccc(C(C)=O)c(OCC(=O)OCC)c1. The highest BCUT2D eigenvalue weighted by Crippen LogP contribution is 2.25. The Morgan fingerprint density at radius 2 is 2.00 bits per heavy atom. The summed E-state index contributed by atoms with van der Waals surface area (Å²) in [7, 11) is 0. The van der Waals surface area contributed by atoms with Crippen molar-refractivity contribution >= 4 is 11.8 Å². The van der Waals surface area contributed by atoms with Gasteiger partial charge in [0.25, 0.3) is 0 Å². The van der Waals surface area contributed by atoms with E-state index >= 15 is 0 Å². The van der Waals surface area contributed by atoms with Gasteiger partial charge in [-0.25, -0.2) is 4.79 Å². The van der Waals surface area contributed by atoms with Gasteiger partial charge in [0.15, 0.2) is 12.4 Å². The molecule has 0 aromatic heterocycles. The maximum absolute atomic E-state index is 11.6. The molecule has 1 aromatic carbocycles. The number of hydrogen-bond acceptors (Lipinski definition) is 5. The Kier molecular flexibility index (Phi) is 8.50. The predicted octanol–water partition coefficient (Wildman–Crippen LogP) is 3.57. The standard InChI is InChI=1S/C18H24O5/c1-4-6-7-8-11-22-15-9-10-16(14(3)19)17(12-15)23-13-18(20)21-5-2/h4,9-10,12H,1,5-8,11,13H2,2-3H3. The third-order valence-electron chi connectivity index (χ3n) is 3.05. The fourth-order valence-electron chi connectivity index (χ4n) is 1.92. The zero-order chi connectivity index (χ0) is 17.1. The molecule has 23 heavy (non-hydrogen) atoms. The van der Waals surface area contributed by atoms with Crippen molar-refractivity contribution in [2.45, 2.75) is 33.1 Å². The van der Waals surface area contributed by atoms with Gasteiger partial charge in [-0.05, 0) is 45.2 Å². The molecule has 0 aliphatic heterocycles. The number of carbonyl (C=O) groups excluding carboxylic acids is 2. The number of benzene rings is 1.